The number of rotatable bonds is 8. The van der Waals surface area contributed by atoms with Crippen molar-refractivity contribution in [1.29, 1.82) is 0 Å². The second kappa shape index (κ2) is 8.06. The second-order valence-electron chi connectivity index (χ2n) is 3.53. The molecule has 0 saturated heterocycles. The highest BCUT2D eigenvalue weighted by Crippen LogP contribution is 1.91. The van der Waals surface area contributed by atoms with Gasteiger partial charge in [0.1, 0.15) is 6.04 Å². The van der Waals surface area contributed by atoms with Crippen LogP contribution in [0.15, 0.2) is 0 Å². The lowest BCUT2D eigenvalue weighted by molar-refractivity contribution is -0.141. The van der Waals surface area contributed by atoms with Gasteiger partial charge in [-0.15, -0.1) is 0 Å². The maximum absolute atomic E-state index is 11.5. The monoisotopic (exact) mass is 232 g/mol. The van der Waals surface area contributed by atoms with E-state index >= 15 is 0 Å². The Bertz CT molecular complexity index is 233. The fourth-order valence-electron chi connectivity index (χ4n) is 1.14. The summed E-state index contributed by atoms with van der Waals surface area (Å²) in [6, 6.07) is -1.42. The van der Waals surface area contributed by atoms with E-state index in [1.54, 1.807) is 6.92 Å². The maximum Gasteiger partial charge on any atom is 0.323 e. The summed E-state index contributed by atoms with van der Waals surface area (Å²) in [5.74, 6) is -1.24. The van der Waals surface area contributed by atoms with Crippen LogP contribution in [0.1, 0.15) is 20.3 Å². The van der Waals surface area contributed by atoms with Gasteiger partial charge >= 0.3 is 5.97 Å². The third kappa shape index (κ3) is 5.67. The number of carbonyl (C=O) groups excluding carboxylic acids is 1. The minimum atomic E-state index is -1.03. The topological polar surface area (TPSA) is 87.7 Å². The van der Waals surface area contributed by atoms with Crippen LogP contribution in [-0.2, 0) is 14.3 Å². The Kier molecular flexibility index (Phi) is 7.49. The lowest BCUT2D eigenvalue weighted by atomic mass is 10.2. The summed E-state index contributed by atoms with van der Waals surface area (Å²) in [5.41, 5.74) is 0. The number of ether oxygens (including phenoxy) is 1. The van der Waals surface area contributed by atoms with Crippen LogP contribution in [0.25, 0.3) is 0 Å². The van der Waals surface area contributed by atoms with Crippen LogP contribution in [0.5, 0.6) is 0 Å². The van der Waals surface area contributed by atoms with Gasteiger partial charge in [-0.3, -0.25) is 14.9 Å². The van der Waals surface area contributed by atoms with Crippen molar-refractivity contribution in [1.82, 2.24) is 10.6 Å². The van der Waals surface area contributed by atoms with Crippen molar-refractivity contribution in [2.75, 3.05) is 20.3 Å². The molecule has 0 radical (unpaired) electrons. The molecule has 0 heterocycles. The van der Waals surface area contributed by atoms with Crippen molar-refractivity contribution in [2.45, 2.75) is 32.4 Å². The summed E-state index contributed by atoms with van der Waals surface area (Å²) in [6.07, 6.45) is 0.846. The number of carboxylic acid groups (broad SMARTS) is 1. The van der Waals surface area contributed by atoms with E-state index in [0.717, 1.165) is 6.42 Å². The van der Waals surface area contributed by atoms with Crippen LogP contribution in [0.2, 0.25) is 0 Å². The zero-order valence-corrected chi connectivity index (χ0v) is 9.95. The number of amides is 1. The highest BCUT2D eigenvalue weighted by Gasteiger charge is 2.22. The summed E-state index contributed by atoms with van der Waals surface area (Å²) in [7, 11) is 1.42. The maximum atomic E-state index is 11.5. The fraction of sp³-hybridized carbons (Fsp3) is 0.800. The minimum absolute atomic E-state index is 0.0285. The number of nitrogens with one attached hydrogen (secondary N) is 2. The van der Waals surface area contributed by atoms with Gasteiger partial charge in [0, 0.05) is 13.7 Å². The molecule has 6 nitrogen and oxygen atoms in total. The van der Waals surface area contributed by atoms with Crippen molar-refractivity contribution in [3.05, 3.63) is 0 Å². The van der Waals surface area contributed by atoms with E-state index in [4.69, 9.17) is 9.84 Å². The molecule has 94 valence electrons. The van der Waals surface area contributed by atoms with Crippen LogP contribution in [0, 0.1) is 0 Å². The SMILES string of the molecule is CCCNC(=O)C(C)NC(COC)C(=O)O. The van der Waals surface area contributed by atoms with E-state index in [9.17, 15) is 9.59 Å². The Hall–Kier alpha value is -1.14. The van der Waals surface area contributed by atoms with Crippen LogP contribution >= 0.6 is 0 Å². The number of aliphatic carboxylic acids is 1. The molecule has 0 fully saturated rings. The van der Waals surface area contributed by atoms with Crippen molar-refractivity contribution < 1.29 is 19.4 Å². The summed E-state index contributed by atoms with van der Waals surface area (Å²) < 4.78 is 4.75. The highest BCUT2D eigenvalue weighted by molar-refractivity contribution is 5.82. The van der Waals surface area contributed by atoms with Crippen molar-refractivity contribution in [3.8, 4) is 0 Å². The summed E-state index contributed by atoms with van der Waals surface area (Å²) in [4.78, 5) is 22.2. The molecule has 2 atom stereocenters. The van der Waals surface area contributed by atoms with Crippen LogP contribution in [0.3, 0.4) is 0 Å². The zero-order chi connectivity index (χ0) is 12.6. The lowest BCUT2D eigenvalue weighted by Crippen LogP contribution is -2.51. The van der Waals surface area contributed by atoms with E-state index in [-0.39, 0.29) is 12.5 Å². The molecule has 0 aliphatic heterocycles. The van der Waals surface area contributed by atoms with E-state index in [1.165, 1.54) is 7.11 Å². The number of hydrogen-bond donors (Lipinski definition) is 3. The molecule has 16 heavy (non-hydrogen) atoms. The standard InChI is InChI=1S/C10H20N2O4/c1-4-5-11-9(13)7(2)12-8(6-16-3)10(14)15/h7-8,12H,4-6H2,1-3H3,(H,11,13)(H,14,15). The first kappa shape index (κ1) is 14.9. The van der Waals surface area contributed by atoms with Gasteiger partial charge in [0.25, 0.3) is 0 Å². The molecule has 0 aromatic rings. The van der Waals surface area contributed by atoms with E-state index in [2.05, 4.69) is 10.6 Å². The largest absolute Gasteiger partial charge is 0.480 e. The summed E-state index contributed by atoms with van der Waals surface area (Å²) >= 11 is 0. The Morgan fingerprint density at radius 2 is 2.06 bits per heavy atom. The molecule has 0 aliphatic carbocycles. The molecule has 2 unspecified atom stereocenters. The van der Waals surface area contributed by atoms with E-state index in [0.29, 0.717) is 6.54 Å². The molecular formula is C10H20N2O4. The van der Waals surface area contributed by atoms with Gasteiger partial charge in [-0.1, -0.05) is 6.92 Å². The van der Waals surface area contributed by atoms with Crippen molar-refractivity contribution in [2.24, 2.45) is 0 Å². The Labute approximate surface area is 95.4 Å². The van der Waals surface area contributed by atoms with Crippen molar-refractivity contribution >= 4 is 11.9 Å². The fourth-order valence-corrected chi connectivity index (χ4v) is 1.14. The third-order valence-corrected chi connectivity index (χ3v) is 2.03. The Balaban J connectivity index is 4.12. The van der Waals surface area contributed by atoms with Crippen LogP contribution < -0.4 is 10.6 Å². The van der Waals surface area contributed by atoms with Gasteiger partial charge in [-0.25, -0.2) is 0 Å². The molecule has 0 aliphatic rings. The molecule has 0 aromatic heterocycles. The molecule has 1 amide bonds. The summed E-state index contributed by atoms with van der Waals surface area (Å²) in [5, 5.41) is 14.2. The number of hydrogen-bond acceptors (Lipinski definition) is 4. The average Bonchev–Trinajstić information content (AvgIpc) is 2.24. The number of carbonyl (C=O) groups is 2. The number of carboxylic acids is 1. The highest BCUT2D eigenvalue weighted by atomic mass is 16.5. The first-order chi connectivity index (χ1) is 7.52. The normalized spacial score (nSPS) is 14.2. The third-order valence-electron chi connectivity index (χ3n) is 2.03. The van der Waals surface area contributed by atoms with Crippen LogP contribution in [0.4, 0.5) is 0 Å². The Morgan fingerprint density at radius 3 is 2.50 bits per heavy atom. The molecule has 0 bridgehead atoms. The lowest BCUT2D eigenvalue weighted by Gasteiger charge is -2.18. The van der Waals surface area contributed by atoms with Gasteiger partial charge < -0.3 is 15.2 Å². The zero-order valence-electron chi connectivity index (χ0n) is 9.95. The molecule has 6 heteroatoms. The molecule has 0 saturated carbocycles. The molecule has 0 spiro atoms. The summed E-state index contributed by atoms with van der Waals surface area (Å²) in [6.45, 7) is 4.19. The predicted molar refractivity (Wildman–Crippen MR) is 59.2 cm³/mol. The quantitative estimate of drug-likeness (QED) is 0.529. The smallest absolute Gasteiger partial charge is 0.323 e. The van der Waals surface area contributed by atoms with Crippen molar-refractivity contribution in [3.63, 3.8) is 0 Å². The minimum Gasteiger partial charge on any atom is -0.480 e. The average molecular weight is 232 g/mol. The van der Waals surface area contributed by atoms with Gasteiger partial charge in [0.15, 0.2) is 0 Å². The molecule has 3 N–H and O–H groups in total. The number of methoxy groups -OCH3 is 1. The van der Waals surface area contributed by atoms with Gasteiger partial charge in [-0.05, 0) is 13.3 Å². The van der Waals surface area contributed by atoms with Gasteiger partial charge in [0.2, 0.25) is 5.91 Å². The second-order valence-corrected chi connectivity index (χ2v) is 3.53. The first-order valence-corrected chi connectivity index (χ1v) is 5.28. The Morgan fingerprint density at radius 1 is 1.44 bits per heavy atom. The van der Waals surface area contributed by atoms with E-state index < -0.39 is 18.1 Å². The van der Waals surface area contributed by atoms with E-state index in [1.807, 2.05) is 6.92 Å². The van der Waals surface area contributed by atoms with Gasteiger partial charge in [0.05, 0.1) is 12.6 Å². The predicted octanol–water partition coefficient (Wildman–Crippen LogP) is -0.410. The van der Waals surface area contributed by atoms with Crippen LogP contribution in [-0.4, -0.2) is 49.3 Å². The molecule has 0 aromatic carbocycles. The molecular weight excluding hydrogens is 212 g/mol. The molecule has 0 rings (SSSR count). The van der Waals surface area contributed by atoms with Gasteiger partial charge in [-0.2, -0.15) is 0 Å². The first-order valence-electron chi connectivity index (χ1n) is 5.28.